The van der Waals surface area contributed by atoms with Crippen LogP contribution in [0, 0.1) is 0 Å². The minimum Gasteiger partial charge on any atom is -0.357 e. The van der Waals surface area contributed by atoms with Crippen LogP contribution in [0.5, 0.6) is 0 Å². The van der Waals surface area contributed by atoms with Crippen LogP contribution in [0.25, 0.3) is 0 Å². The summed E-state index contributed by atoms with van der Waals surface area (Å²) in [4.78, 5) is 28.0. The van der Waals surface area contributed by atoms with Gasteiger partial charge in [-0.05, 0) is 41.0 Å². The Kier molecular flexibility index (Phi) is 8.57. The molecule has 0 saturated heterocycles. The van der Waals surface area contributed by atoms with Crippen LogP contribution in [0.4, 0.5) is 0 Å². The molecule has 3 rings (SSSR count). The predicted molar refractivity (Wildman–Crippen MR) is 130 cm³/mol. The van der Waals surface area contributed by atoms with Crippen LogP contribution < -0.4 is 5.32 Å². The lowest BCUT2D eigenvalue weighted by molar-refractivity contribution is -0.140. The maximum absolute atomic E-state index is 13.5. The molecule has 32 heavy (non-hydrogen) atoms. The van der Waals surface area contributed by atoms with Gasteiger partial charge in [0, 0.05) is 25.0 Å². The first-order chi connectivity index (χ1) is 15.4. The molecule has 1 unspecified atom stereocenters. The van der Waals surface area contributed by atoms with E-state index >= 15 is 0 Å². The normalized spacial score (nSPS) is 11.6. The van der Waals surface area contributed by atoms with Gasteiger partial charge >= 0.3 is 0 Å². The van der Waals surface area contributed by atoms with E-state index < -0.39 is 6.04 Å². The van der Waals surface area contributed by atoms with Crippen molar-refractivity contribution in [3.05, 3.63) is 105 Å². The molecule has 1 N–H and O–H groups in total. The average Bonchev–Trinajstić information content (AvgIpc) is 2.80. The van der Waals surface area contributed by atoms with E-state index in [-0.39, 0.29) is 24.8 Å². The summed E-state index contributed by atoms with van der Waals surface area (Å²) in [6, 6.07) is 21.3. The Balaban J connectivity index is 1.93. The Morgan fingerprint density at radius 3 is 2.12 bits per heavy atom. The monoisotopic (exact) mass is 488 g/mol. The molecule has 3 aromatic rings. The zero-order valence-corrected chi connectivity index (χ0v) is 19.8. The Labute approximate surface area is 203 Å². The first-order valence-corrected chi connectivity index (χ1v) is 11.2. The number of amides is 2. The van der Waals surface area contributed by atoms with E-state index in [1.54, 1.807) is 42.3 Å². The summed E-state index contributed by atoms with van der Waals surface area (Å²) in [6.07, 6.45) is 0.480. The van der Waals surface area contributed by atoms with Crippen LogP contribution in [0.3, 0.4) is 0 Å². The maximum atomic E-state index is 13.5. The van der Waals surface area contributed by atoms with Crippen molar-refractivity contribution in [1.29, 1.82) is 0 Å². The number of hydrogen-bond acceptors (Lipinski definition) is 2. The Morgan fingerprint density at radius 2 is 1.50 bits per heavy atom. The van der Waals surface area contributed by atoms with Gasteiger partial charge in [0.15, 0.2) is 0 Å². The summed E-state index contributed by atoms with van der Waals surface area (Å²) in [5, 5.41) is 4.12. The van der Waals surface area contributed by atoms with Crippen molar-refractivity contribution in [2.45, 2.75) is 25.4 Å². The Hall–Kier alpha value is -2.53. The van der Waals surface area contributed by atoms with Crippen molar-refractivity contribution < 1.29 is 9.59 Å². The van der Waals surface area contributed by atoms with E-state index in [0.717, 1.165) is 16.7 Å². The van der Waals surface area contributed by atoms with Crippen molar-refractivity contribution in [2.24, 2.45) is 0 Å². The molecule has 0 radical (unpaired) electrons. The highest BCUT2D eigenvalue weighted by Crippen LogP contribution is 2.24. The SMILES string of the molecule is CNC(=O)C(Cc1ccccc1)N(Cc1ccc(Cl)cc1)C(=O)Cc1ccc(Cl)c(Cl)c1. The van der Waals surface area contributed by atoms with Crippen LogP contribution in [-0.2, 0) is 29.0 Å². The van der Waals surface area contributed by atoms with Crippen molar-refractivity contribution in [2.75, 3.05) is 7.05 Å². The van der Waals surface area contributed by atoms with E-state index in [1.165, 1.54) is 0 Å². The van der Waals surface area contributed by atoms with Gasteiger partial charge in [-0.3, -0.25) is 9.59 Å². The van der Waals surface area contributed by atoms with Crippen LogP contribution in [0.1, 0.15) is 16.7 Å². The molecule has 0 spiro atoms. The van der Waals surface area contributed by atoms with Gasteiger partial charge in [0.2, 0.25) is 11.8 Å². The number of hydrogen-bond donors (Lipinski definition) is 1. The Morgan fingerprint density at radius 1 is 0.844 bits per heavy atom. The van der Waals surface area contributed by atoms with Crippen molar-refractivity contribution in [1.82, 2.24) is 10.2 Å². The third-order valence-electron chi connectivity index (χ3n) is 5.12. The molecule has 2 amide bonds. The number of carbonyl (C=O) groups excluding carboxylic acids is 2. The van der Waals surface area contributed by atoms with Crippen LogP contribution in [0.15, 0.2) is 72.8 Å². The van der Waals surface area contributed by atoms with Gasteiger partial charge in [-0.1, -0.05) is 83.3 Å². The predicted octanol–water partition coefficient (Wildman–Crippen LogP) is 5.58. The largest absolute Gasteiger partial charge is 0.357 e. The van der Waals surface area contributed by atoms with Crippen LogP contribution >= 0.6 is 34.8 Å². The standard InChI is InChI=1S/C25H23Cl3N2O2/c1-29-25(32)23(14-17-5-3-2-4-6-17)30(16-18-7-10-20(26)11-8-18)24(31)15-19-9-12-21(27)22(28)13-19/h2-13,23H,14-16H2,1H3,(H,29,32). The van der Waals surface area contributed by atoms with Crippen molar-refractivity contribution >= 4 is 46.6 Å². The molecule has 3 aromatic carbocycles. The molecule has 0 heterocycles. The van der Waals surface area contributed by atoms with Gasteiger partial charge in [-0.15, -0.1) is 0 Å². The highest BCUT2D eigenvalue weighted by atomic mass is 35.5. The lowest BCUT2D eigenvalue weighted by Crippen LogP contribution is -2.50. The second-order valence-corrected chi connectivity index (χ2v) is 8.64. The van der Waals surface area contributed by atoms with Gasteiger partial charge in [-0.2, -0.15) is 0 Å². The third-order valence-corrected chi connectivity index (χ3v) is 6.11. The molecule has 0 aliphatic heterocycles. The van der Waals surface area contributed by atoms with E-state index in [9.17, 15) is 9.59 Å². The quantitative estimate of drug-likeness (QED) is 0.449. The summed E-state index contributed by atoms with van der Waals surface area (Å²) in [6.45, 7) is 0.266. The molecule has 7 heteroatoms. The molecular formula is C25H23Cl3N2O2. The number of nitrogens with one attached hydrogen (secondary N) is 1. The molecule has 0 fully saturated rings. The highest BCUT2D eigenvalue weighted by Gasteiger charge is 2.29. The van der Waals surface area contributed by atoms with E-state index in [2.05, 4.69) is 5.32 Å². The minimum absolute atomic E-state index is 0.0900. The fraction of sp³-hybridized carbons (Fsp3) is 0.200. The van der Waals surface area contributed by atoms with Crippen LogP contribution in [0.2, 0.25) is 15.1 Å². The molecule has 0 aromatic heterocycles. The zero-order chi connectivity index (χ0) is 23.1. The van der Waals surface area contributed by atoms with Crippen molar-refractivity contribution in [3.63, 3.8) is 0 Å². The van der Waals surface area contributed by atoms with Crippen LogP contribution in [-0.4, -0.2) is 29.8 Å². The van der Waals surface area contributed by atoms with Gasteiger partial charge in [0.05, 0.1) is 16.5 Å². The number of nitrogens with zero attached hydrogens (tertiary/aromatic N) is 1. The van der Waals surface area contributed by atoms with E-state index in [4.69, 9.17) is 34.8 Å². The highest BCUT2D eigenvalue weighted by molar-refractivity contribution is 6.42. The lowest BCUT2D eigenvalue weighted by atomic mass is 10.0. The van der Waals surface area contributed by atoms with Gasteiger partial charge < -0.3 is 10.2 Å². The average molecular weight is 490 g/mol. The molecule has 0 aliphatic rings. The zero-order valence-electron chi connectivity index (χ0n) is 17.5. The smallest absolute Gasteiger partial charge is 0.242 e. The molecular weight excluding hydrogens is 467 g/mol. The summed E-state index contributed by atoms with van der Waals surface area (Å²) < 4.78 is 0. The fourth-order valence-electron chi connectivity index (χ4n) is 3.43. The van der Waals surface area contributed by atoms with Gasteiger partial charge in [-0.25, -0.2) is 0 Å². The number of likely N-dealkylation sites (N-methyl/N-ethyl adjacent to an activating group) is 1. The lowest BCUT2D eigenvalue weighted by Gasteiger charge is -2.31. The molecule has 166 valence electrons. The minimum atomic E-state index is -0.687. The molecule has 1 atom stereocenters. The summed E-state index contributed by atoms with van der Waals surface area (Å²) >= 11 is 18.2. The number of carbonyl (C=O) groups is 2. The molecule has 0 saturated carbocycles. The second kappa shape index (κ2) is 11.4. The first-order valence-electron chi connectivity index (χ1n) is 10.1. The number of rotatable bonds is 8. The van der Waals surface area contributed by atoms with Gasteiger partial charge in [0.1, 0.15) is 6.04 Å². The Bertz CT molecular complexity index is 1070. The summed E-state index contributed by atoms with van der Waals surface area (Å²) in [5.74, 6) is -0.423. The van der Waals surface area contributed by atoms with Gasteiger partial charge in [0.25, 0.3) is 0 Å². The first kappa shape index (κ1) is 24.1. The van der Waals surface area contributed by atoms with Crippen molar-refractivity contribution in [3.8, 4) is 0 Å². The summed E-state index contributed by atoms with van der Waals surface area (Å²) in [7, 11) is 1.57. The fourth-order valence-corrected chi connectivity index (χ4v) is 3.88. The van der Waals surface area contributed by atoms with E-state index in [0.29, 0.717) is 21.5 Å². The maximum Gasteiger partial charge on any atom is 0.242 e. The third kappa shape index (κ3) is 6.49. The van der Waals surface area contributed by atoms with E-state index in [1.807, 2.05) is 42.5 Å². The molecule has 4 nitrogen and oxygen atoms in total. The second-order valence-electron chi connectivity index (χ2n) is 7.39. The molecule has 0 aliphatic carbocycles. The summed E-state index contributed by atoms with van der Waals surface area (Å²) in [5.41, 5.74) is 2.56. The number of halogens is 3. The number of benzene rings is 3. The molecule has 0 bridgehead atoms. The topological polar surface area (TPSA) is 49.4 Å².